The highest BCUT2D eigenvalue weighted by atomic mass is 16.5. The molecule has 0 aromatic carbocycles. The summed E-state index contributed by atoms with van der Waals surface area (Å²) in [5, 5.41) is 0. The van der Waals surface area contributed by atoms with Gasteiger partial charge in [-0.1, -0.05) is 0 Å². The van der Waals surface area contributed by atoms with Crippen LogP contribution in [0.1, 0.15) is 27.7 Å². The Morgan fingerprint density at radius 3 is 2.00 bits per heavy atom. The lowest BCUT2D eigenvalue weighted by Crippen LogP contribution is -2.48. The zero-order valence-electron chi connectivity index (χ0n) is 14.0. The third-order valence-corrected chi connectivity index (χ3v) is 3.18. The standard InChI is InChI=1S/C15H26N2O5/c1-6-16(7-2)15(20)17(8-3)12(4)11-22-14(19)10-9-13(18)21-5/h9-10,12H,6-8,11H2,1-5H3/b10-9+. The average molecular weight is 314 g/mol. The Morgan fingerprint density at radius 1 is 1.00 bits per heavy atom. The number of hydrogen-bond donors (Lipinski definition) is 0. The van der Waals surface area contributed by atoms with Gasteiger partial charge in [0, 0.05) is 31.8 Å². The highest BCUT2D eigenvalue weighted by Crippen LogP contribution is 2.06. The summed E-state index contributed by atoms with van der Waals surface area (Å²) in [7, 11) is 1.22. The first-order chi connectivity index (χ1) is 10.4. The molecular weight excluding hydrogens is 288 g/mol. The summed E-state index contributed by atoms with van der Waals surface area (Å²) >= 11 is 0. The van der Waals surface area contributed by atoms with E-state index < -0.39 is 11.9 Å². The van der Waals surface area contributed by atoms with E-state index >= 15 is 0 Å². The van der Waals surface area contributed by atoms with Crippen molar-refractivity contribution in [1.82, 2.24) is 9.80 Å². The number of hydrogen-bond acceptors (Lipinski definition) is 5. The maximum Gasteiger partial charge on any atom is 0.331 e. The van der Waals surface area contributed by atoms with Gasteiger partial charge in [-0.2, -0.15) is 0 Å². The minimum Gasteiger partial charge on any atom is -0.466 e. The second kappa shape index (κ2) is 10.6. The van der Waals surface area contributed by atoms with Gasteiger partial charge in [-0.25, -0.2) is 14.4 Å². The number of esters is 2. The Balaban J connectivity index is 4.52. The highest BCUT2D eigenvalue weighted by molar-refractivity contribution is 5.91. The molecule has 0 N–H and O–H groups in total. The fraction of sp³-hybridized carbons (Fsp3) is 0.667. The van der Waals surface area contributed by atoms with Crippen molar-refractivity contribution in [2.75, 3.05) is 33.4 Å². The van der Waals surface area contributed by atoms with Crippen molar-refractivity contribution in [3.05, 3.63) is 12.2 Å². The van der Waals surface area contributed by atoms with Crippen molar-refractivity contribution in [2.24, 2.45) is 0 Å². The molecule has 0 fully saturated rings. The topological polar surface area (TPSA) is 76.2 Å². The molecule has 0 saturated heterocycles. The predicted octanol–water partition coefficient (Wildman–Crippen LogP) is 1.43. The highest BCUT2D eigenvalue weighted by Gasteiger charge is 2.23. The molecule has 0 spiro atoms. The Morgan fingerprint density at radius 2 is 1.55 bits per heavy atom. The van der Waals surface area contributed by atoms with E-state index in [0.717, 1.165) is 12.2 Å². The Kier molecular flexibility index (Phi) is 9.65. The van der Waals surface area contributed by atoms with Crippen LogP contribution in [0.3, 0.4) is 0 Å². The van der Waals surface area contributed by atoms with Crippen molar-refractivity contribution in [1.29, 1.82) is 0 Å². The summed E-state index contributed by atoms with van der Waals surface area (Å²) < 4.78 is 9.41. The molecule has 22 heavy (non-hydrogen) atoms. The summed E-state index contributed by atoms with van der Waals surface area (Å²) in [5.74, 6) is -1.28. The summed E-state index contributed by atoms with van der Waals surface area (Å²) in [4.78, 5) is 38.0. The number of carbonyl (C=O) groups excluding carboxylic acids is 3. The molecule has 0 aliphatic rings. The summed E-state index contributed by atoms with van der Waals surface area (Å²) in [6.07, 6.45) is 1.99. The third-order valence-electron chi connectivity index (χ3n) is 3.18. The zero-order chi connectivity index (χ0) is 17.1. The number of likely N-dealkylation sites (N-methyl/N-ethyl adjacent to an activating group) is 1. The van der Waals surface area contributed by atoms with Gasteiger partial charge in [-0.3, -0.25) is 0 Å². The second-order valence-corrected chi connectivity index (χ2v) is 4.58. The van der Waals surface area contributed by atoms with Gasteiger partial charge in [0.1, 0.15) is 6.61 Å². The van der Waals surface area contributed by atoms with E-state index in [2.05, 4.69) is 4.74 Å². The molecule has 0 saturated carbocycles. The van der Waals surface area contributed by atoms with Crippen LogP contribution in [0, 0.1) is 0 Å². The van der Waals surface area contributed by atoms with E-state index in [1.165, 1.54) is 7.11 Å². The number of amides is 2. The average Bonchev–Trinajstić information content (AvgIpc) is 2.52. The number of urea groups is 1. The first-order valence-electron chi connectivity index (χ1n) is 7.39. The molecule has 0 aliphatic carbocycles. The van der Waals surface area contributed by atoms with E-state index in [1.54, 1.807) is 9.80 Å². The first-order valence-corrected chi connectivity index (χ1v) is 7.39. The van der Waals surface area contributed by atoms with E-state index in [9.17, 15) is 14.4 Å². The quantitative estimate of drug-likeness (QED) is 0.500. The van der Waals surface area contributed by atoms with Crippen LogP contribution in [0.25, 0.3) is 0 Å². The number of rotatable bonds is 8. The first kappa shape index (κ1) is 19.9. The lowest BCUT2D eigenvalue weighted by atomic mass is 10.3. The molecule has 126 valence electrons. The normalized spacial score (nSPS) is 11.9. The maximum absolute atomic E-state index is 12.3. The number of ether oxygens (including phenoxy) is 2. The van der Waals surface area contributed by atoms with Crippen molar-refractivity contribution in [3.63, 3.8) is 0 Å². The van der Waals surface area contributed by atoms with E-state index in [-0.39, 0.29) is 18.7 Å². The van der Waals surface area contributed by atoms with Gasteiger partial charge in [-0.05, 0) is 27.7 Å². The monoisotopic (exact) mass is 314 g/mol. The van der Waals surface area contributed by atoms with Crippen molar-refractivity contribution in [2.45, 2.75) is 33.7 Å². The SMILES string of the molecule is CCN(CC)C(=O)N(CC)C(C)COC(=O)/C=C/C(=O)OC. The van der Waals surface area contributed by atoms with E-state index in [0.29, 0.717) is 19.6 Å². The van der Waals surface area contributed by atoms with Crippen molar-refractivity contribution in [3.8, 4) is 0 Å². The number of carbonyl (C=O) groups is 3. The third kappa shape index (κ3) is 6.60. The second-order valence-electron chi connectivity index (χ2n) is 4.58. The van der Waals surface area contributed by atoms with Crippen LogP contribution in [-0.4, -0.2) is 67.2 Å². The molecule has 7 nitrogen and oxygen atoms in total. The Bertz CT molecular complexity index is 405. The van der Waals surface area contributed by atoms with Gasteiger partial charge < -0.3 is 19.3 Å². The Hall–Kier alpha value is -2.05. The number of methoxy groups -OCH3 is 1. The molecule has 0 aromatic rings. The lowest BCUT2D eigenvalue weighted by Gasteiger charge is -2.32. The van der Waals surface area contributed by atoms with E-state index in [1.807, 2.05) is 27.7 Å². The van der Waals surface area contributed by atoms with Crippen LogP contribution in [0.5, 0.6) is 0 Å². The molecule has 0 aromatic heterocycles. The molecule has 0 radical (unpaired) electrons. The summed E-state index contributed by atoms with van der Waals surface area (Å²) in [5.41, 5.74) is 0. The largest absolute Gasteiger partial charge is 0.466 e. The van der Waals surface area contributed by atoms with Crippen LogP contribution in [0.4, 0.5) is 4.79 Å². The van der Waals surface area contributed by atoms with Gasteiger partial charge in [0.05, 0.1) is 13.2 Å². The molecule has 0 aliphatic heterocycles. The van der Waals surface area contributed by atoms with Gasteiger partial charge in [-0.15, -0.1) is 0 Å². The van der Waals surface area contributed by atoms with Crippen LogP contribution < -0.4 is 0 Å². The molecule has 7 heteroatoms. The van der Waals surface area contributed by atoms with Crippen LogP contribution in [0.2, 0.25) is 0 Å². The van der Waals surface area contributed by atoms with Gasteiger partial charge in [0.25, 0.3) is 0 Å². The maximum atomic E-state index is 12.3. The Labute approximate surface area is 131 Å². The molecular formula is C15H26N2O5. The number of nitrogens with zero attached hydrogens (tertiary/aromatic N) is 2. The minimum atomic E-state index is -0.649. The minimum absolute atomic E-state index is 0.0607. The molecule has 1 atom stereocenters. The van der Waals surface area contributed by atoms with Gasteiger partial charge in [0.15, 0.2) is 0 Å². The zero-order valence-corrected chi connectivity index (χ0v) is 14.0. The smallest absolute Gasteiger partial charge is 0.331 e. The molecule has 0 rings (SSSR count). The molecule has 0 heterocycles. The molecule has 2 amide bonds. The van der Waals surface area contributed by atoms with Crippen LogP contribution >= 0.6 is 0 Å². The predicted molar refractivity (Wildman–Crippen MR) is 82.3 cm³/mol. The van der Waals surface area contributed by atoms with E-state index in [4.69, 9.17) is 4.74 Å². The summed E-state index contributed by atoms with van der Waals surface area (Å²) in [6, 6.07) is -0.338. The van der Waals surface area contributed by atoms with Crippen LogP contribution in [0.15, 0.2) is 12.2 Å². The van der Waals surface area contributed by atoms with Gasteiger partial charge in [0.2, 0.25) is 0 Å². The molecule has 1 unspecified atom stereocenters. The van der Waals surface area contributed by atoms with Crippen molar-refractivity contribution >= 4 is 18.0 Å². The van der Waals surface area contributed by atoms with Crippen molar-refractivity contribution < 1.29 is 23.9 Å². The lowest BCUT2D eigenvalue weighted by molar-refractivity contribution is -0.140. The van der Waals surface area contributed by atoms with Crippen LogP contribution in [-0.2, 0) is 19.1 Å². The fourth-order valence-electron chi connectivity index (χ4n) is 1.86. The molecule has 0 bridgehead atoms. The summed E-state index contributed by atoms with van der Waals surface area (Å²) in [6.45, 7) is 9.34. The fourth-order valence-corrected chi connectivity index (χ4v) is 1.86. The van der Waals surface area contributed by atoms with Gasteiger partial charge >= 0.3 is 18.0 Å².